The first kappa shape index (κ1) is 33.0. The predicted molar refractivity (Wildman–Crippen MR) is 137 cm³/mol. The highest BCUT2D eigenvalue weighted by atomic mass is 31.1. The van der Waals surface area contributed by atoms with Gasteiger partial charge < -0.3 is 55.6 Å². The second-order valence-corrected chi connectivity index (χ2v) is 10.6. The molecule has 19 heteroatoms. The zero-order valence-corrected chi connectivity index (χ0v) is 23.6. The highest BCUT2D eigenvalue weighted by molar-refractivity contribution is 7.33. The molecular weight excluding hydrogens is 573 g/mol. The number of nitrogens with two attached hydrogens (primary N) is 2. The van der Waals surface area contributed by atoms with E-state index in [0.717, 1.165) is 11.7 Å². The number of nitrogens with one attached hydrogen (secondary N) is 1. The Morgan fingerprint density at radius 3 is 2.71 bits per heavy atom. The number of hydrogen-bond acceptors (Lipinski definition) is 16. The molecule has 232 valence electrons. The van der Waals surface area contributed by atoms with Crippen molar-refractivity contribution in [3.05, 3.63) is 22.7 Å². The van der Waals surface area contributed by atoms with Gasteiger partial charge in [0.15, 0.2) is 12.5 Å². The van der Waals surface area contributed by atoms with Crippen molar-refractivity contribution in [3.63, 3.8) is 0 Å². The Labute approximate surface area is 234 Å². The van der Waals surface area contributed by atoms with Gasteiger partial charge >= 0.3 is 19.9 Å². The van der Waals surface area contributed by atoms with E-state index >= 15 is 0 Å². The second-order valence-electron chi connectivity index (χ2n) is 9.56. The monoisotopic (exact) mass is 609 g/mol. The zero-order valence-electron chi connectivity index (χ0n) is 22.6. The maximum absolute atomic E-state index is 13.0. The minimum Gasteiger partial charge on any atom is -0.465 e. The lowest BCUT2D eigenvalue weighted by Gasteiger charge is -2.43. The van der Waals surface area contributed by atoms with Gasteiger partial charge in [0, 0.05) is 18.0 Å². The summed E-state index contributed by atoms with van der Waals surface area (Å²) in [6.45, 7) is 1.56. The van der Waals surface area contributed by atoms with E-state index in [1.54, 1.807) is 6.92 Å². The van der Waals surface area contributed by atoms with Crippen LogP contribution in [0, 0.1) is 11.8 Å². The quantitative estimate of drug-likeness (QED) is 0.103. The van der Waals surface area contributed by atoms with Crippen molar-refractivity contribution in [2.75, 3.05) is 32.6 Å². The van der Waals surface area contributed by atoms with Gasteiger partial charge in [0.25, 0.3) is 5.79 Å². The number of rotatable bonds is 12. The highest BCUT2D eigenvalue weighted by Gasteiger charge is 2.54. The molecule has 5 unspecified atom stereocenters. The molecule has 0 aliphatic carbocycles. The molecule has 0 saturated carbocycles. The van der Waals surface area contributed by atoms with Crippen LogP contribution in [-0.4, -0.2) is 100 Å². The molecule has 10 atom stereocenters. The van der Waals surface area contributed by atoms with E-state index in [0.29, 0.717) is 0 Å². The molecule has 2 fully saturated rings. The van der Waals surface area contributed by atoms with Gasteiger partial charge in [0.05, 0.1) is 45.5 Å². The molecule has 18 nitrogen and oxygen atoms in total. The van der Waals surface area contributed by atoms with Crippen LogP contribution in [0.2, 0.25) is 0 Å². The fourth-order valence-electron chi connectivity index (χ4n) is 4.23. The Morgan fingerprint density at radius 1 is 1.39 bits per heavy atom. The first-order valence-electron chi connectivity index (χ1n) is 12.6. The maximum Gasteiger partial charge on any atom is 0.367 e. The van der Waals surface area contributed by atoms with Gasteiger partial charge in [-0.25, -0.2) is 9.59 Å². The van der Waals surface area contributed by atoms with Crippen molar-refractivity contribution in [1.29, 1.82) is 0 Å². The number of aliphatic hydroxyl groups excluding tert-OH is 3. The standard InChI is InChI=1S/C22H36N5O13P/c1-10(12(29)8-28)19-38-16(26-15(30)7-23)6-22(39-19,20(32)35-3)40-41(34)36-9-13-11(2)17(31)18(37-13)27-5-4-14(24)25-21(27)33/h4-5,10-13,16-19,28-29,31,41H,6-9,23H2,1-3H3,(H,26,30)(H2,24,25,33)/t10-,11?,12-,13-,16?,17?,18-,19?,22-/m1/s1. The van der Waals surface area contributed by atoms with Crippen molar-refractivity contribution in [3.8, 4) is 0 Å². The van der Waals surface area contributed by atoms with E-state index < -0.39 is 107 Å². The normalized spacial score (nSPS) is 32.2. The molecule has 2 aliphatic rings. The number of aliphatic hydroxyl groups is 3. The molecule has 1 aromatic rings. The van der Waals surface area contributed by atoms with Gasteiger partial charge in [-0.05, 0) is 6.07 Å². The third kappa shape index (κ3) is 7.66. The number of esters is 1. The fourth-order valence-corrected chi connectivity index (χ4v) is 5.08. The summed E-state index contributed by atoms with van der Waals surface area (Å²) in [5, 5.41) is 32.5. The van der Waals surface area contributed by atoms with E-state index in [2.05, 4.69) is 10.3 Å². The molecule has 0 spiro atoms. The lowest BCUT2D eigenvalue weighted by molar-refractivity contribution is -0.351. The minimum absolute atomic E-state index is 0.00961. The summed E-state index contributed by atoms with van der Waals surface area (Å²) in [6.07, 6.45) is -6.49. The number of ether oxygens (including phenoxy) is 4. The maximum atomic E-state index is 13.0. The molecule has 8 N–H and O–H groups in total. The van der Waals surface area contributed by atoms with E-state index in [9.17, 15) is 34.3 Å². The number of carbonyl (C=O) groups excluding carboxylic acids is 2. The molecule has 0 bridgehead atoms. The number of nitrogens with zero attached hydrogens (tertiary/aromatic N) is 2. The summed E-state index contributed by atoms with van der Waals surface area (Å²) in [4.78, 5) is 40.6. The Morgan fingerprint density at radius 2 is 2.10 bits per heavy atom. The predicted octanol–water partition coefficient (Wildman–Crippen LogP) is -2.83. The molecule has 2 saturated heterocycles. The molecule has 41 heavy (non-hydrogen) atoms. The first-order valence-corrected chi connectivity index (χ1v) is 13.8. The van der Waals surface area contributed by atoms with Gasteiger partial charge in [-0.2, -0.15) is 4.98 Å². The summed E-state index contributed by atoms with van der Waals surface area (Å²) in [5.74, 6) is -5.83. The molecule has 0 aromatic carbocycles. The van der Waals surface area contributed by atoms with Gasteiger partial charge in [0.1, 0.15) is 18.1 Å². The summed E-state index contributed by atoms with van der Waals surface area (Å²) < 4.78 is 46.7. The lowest BCUT2D eigenvalue weighted by Crippen LogP contribution is -2.60. The van der Waals surface area contributed by atoms with Gasteiger partial charge in [-0.15, -0.1) is 0 Å². The molecule has 2 aliphatic heterocycles. The number of amides is 1. The average molecular weight is 610 g/mol. The molecule has 3 heterocycles. The third-order valence-electron chi connectivity index (χ3n) is 6.76. The number of nitrogen functional groups attached to an aromatic ring is 1. The second kappa shape index (κ2) is 14.1. The Kier molecular flexibility index (Phi) is 11.4. The van der Waals surface area contributed by atoms with Crippen LogP contribution in [0.5, 0.6) is 0 Å². The van der Waals surface area contributed by atoms with Crippen molar-refractivity contribution < 1.29 is 57.5 Å². The smallest absolute Gasteiger partial charge is 0.367 e. The number of anilines is 1. The summed E-state index contributed by atoms with van der Waals surface area (Å²) in [6, 6.07) is 1.36. The fraction of sp³-hybridized carbons (Fsp3) is 0.727. The lowest BCUT2D eigenvalue weighted by atomic mass is 10.0. The minimum atomic E-state index is -3.59. The van der Waals surface area contributed by atoms with Crippen molar-refractivity contribution in [2.45, 2.75) is 63.1 Å². The van der Waals surface area contributed by atoms with Gasteiger partial charge in [-0.3, -0.25) is 18.5 Å². The topological polar surface area (TPSA) is 266 Å². The number of methoxy groups -OCH3 is 1. The number of aromatic nitrogens is 2. The van der Waals surface area contributed by atoms with Crippen LogP contribution in [0.25, 0.3) is 0 Å². The van der Waals surface area contributed by atoms with Crippen LogP contribution in [0.15, 0.2) is 17.1 Å². The molecule has 0 radical (unpaired) electrons. The van der Waals surface area contributed by atoms with E-state index in [1.807, 2.05) is 0 Å². The SMILES string of the molecule is COC(=O)[C@]1(O[PH](=O)OC[C@H]2O[C@@H](n3ccc(N)nc3=O)C(O)C2C)CC(NC(=O)CN)OC([C@H](C)[C@H](O)CO)O1. The van der Waals surface area contributed by atoms with Gasteiger partial charge in [-0.1, -0.05) is 13.8 Å². The van der Waals surface area contributed by atoms with Crippen LogP contribution in [0.1, 0.15) is 26.5 Å². The van der Waals surface area contributed by atoms with E-state index in [1.165, 1.54) is 19.2 Å². The molecular formula is C22H36N5O13P. The first-order chi connectivity index (χ1) is 19.3. The molecule has 3 rings (SSSR count). The van der Waals surface area contributed by atoms with Gasteiger partial charge in [0.2, 0.25) is 5.91 Å². The molecule has 1 aromatic heterocycles. The van der Waals surface area contributed by atoms with Crippen LogP contribution in [0.3, 0.4) is 0 Å². The average Bonchev–Trinajstić information content (AvgIpc) is 3.22. The summed E-state index contributed by atoms with van der Waals surface area (Å²) >= 11 is 0. The van der Waals surface area contributed by atoms with Crippen LogP contribution >= 0.6 is 8.25 Å². The zero-order chi connectivity index (χ0) is 30.5. The molecule has 1 amide bonds. The van der Waals surface area contributed by atoms with Crippen molar-refractivity contribution in [2.24, 2.45) is 17.6 Å². The Bertz CT molecular complexity index is 1160. The van der Waals surface area contributed by atoms with Crippen molar-refractivity contribution in [1.82, 2.24) is 14.9 Å². The third-order valence-corrected chi connectivity index (χ3v) is 7.66. The highest BCUT2D eigenvalue weighted by Crippen LogP contribution is 2.42. The summed E-state index contributed by atoms with van der Waals surface area (Å²) in [5.41, 5.74) is 10.1. The van der Waals surface area contributed by atoms with E-state index in [-0.39, 0.29) is 5.82 Å². The van der Waals surface area contributed by atoms with Crippen molar-refractivity contribution >= 4 is 25.9 Å². The number of hydrogen-bond donors (Lipinski definition) is 6. The van der Waals surface area contributed by atoms with Crippen LogP contribution in [0.4, 0.5) is 5.82 Å². The van der Waals surface area contributed by atoms with Crippen LogP contribution in [-0.2, 0) is 42.1 Å². The van der Waals surface area contributed by atoms with E-state index in [4.69, 9.17) is 39.5 Å². The summed E-state index contributed by atoms with van der Waals surface area (Å²) in [7, 11) is -2.58. The Hall–Kier alpha value is -2.51. The Balaban J connectivity index is 1.75. The van der Waals surface area contributed by atoms with Crippen LogP contribution < -0.4 is 22.5 Å². The number of carbonyl (C=O) groups is 2. The largest absolute Gasteiger partial charge is 0.465 e.